The molecule has 1 heterocycles. The second-order valence-corrected chi connectivity index (χ2v) is 11.8. The molecule has 1 aromatic heterocycles. The number of carbonyl (C=O) groups is 3. The predicted molar refractivity (Wildman–Crippen MR) is 192 cm³/mol. The standard InChI is InChI=1S/C37H35N5O6S/c1-24-34(37(46)42(41(24)2)28-15-9-6-10-16-28)40-33(43)23-49-30-17-11-14-27(21-30)38-36(45)31(39-35(44)25-12-7-5-8-13-25)20-26-18-19-29(47-3)22-32(26)48-4/h5-22H,23H2,1-4H3,(H,38,45)(H,39,44)(H,40,43)/b31-20+. The Hall–Kier alpha value is -6.01. The lowest BCUT2D eigenvalue weighted by Crippen LogP contribution is -2.30. The molecule has 0 spiro atoms. The molecule has 0 saturated heterocycles. The van der Waals surface area contributed by atoms with E-state index in [0.29, 0.717) is 44.6 Å². The van der Waals surface area contributed by atoms with Gasteiger partial charge < -0.3 is 25.4 Å². The predicted octanol–water partition coefficient (Wildman–Crippen LogP) is 5.64. The normalized spacial score (nSPS) is 11.1. The molecule has 5 rings (SSSR count). The summed E-state index contributed by atoms with van der Waals surface area (Å²) in [6.07, 6.45) is 1.52. The number of amides is 3. The van der Waals surface area contributed by atoms with Gasteiger partial charge in [-0.25, -0.2) is 4.68 Å². The van der Waals surface area contributed by atoms with Crippen LogP contribution in [0.15, 0.2) is 119 Å². The van der Waals surface area contributed by atoms with Crippen LogP contribution < -0.4 is 31.0 Å². The average molecular weight is 678 g/mol. The molecular formula is C37H35N5O6S. The second-order valence-electron chi connectivity index (χ2n) is 10.7. The fourth-order valence-electron chi connectivity index (χ4n) is 4.93. The van der Waals surface area contributed by atoms with E-state index >= 15 is 0 Å². The zero-order chi connectivity index (χ0) is 34.9. The number of hydrogen-bond acceptors (Lipinski definition) is 7. The Kier molecular flexibility index (Phi) is 11.0. The van der Waals surface area contributed by atoms with E-state index in [9.17, 15) is 19.2 Å². The number of anilines is 2. The third-order valence-corrected chi connectivity index (χ3v) is 8.54. The highest BCUT2D eigenvalue weighted by Crippen LogP contribution is 2.27. The van der Waals surface area contributed by atoms with Gasteiger partial charge in [0.25, 0.3) is 17.4 Å². The van der Waals surface area contributed by atoms with Crippen LogP contribution in [0.1, 0.15) is 21.6 Å². The highest BCUT2D eigenvalue weighted by Gasteiger charge is 2.19. The first-order valence-corrected chi connectivity index (χ1v) is 16.1. The topological polar surface area (TPSA) is 133 Å². The fraction of sp³-hybridized carbons (Fsp3) is 0.135. The van der Waals surface area contributed by atoms with E-state index < -0.39 is 11.8 Å². The zero-order valence-electron chi connectivity index (χ0n) is 27.4. The number of ether oxygens (including phenoxy) is 2. The fourth-order valence-corrected chi connectivity index (χ4v) is 5.69. The Morgan fingerprint density at radius 3 is 2.24 bits per heavy atom. The van der Waals surface area contributed by atoms with Gasteiger partial charge in [-0.15, -0.1) is 11.8 Å². The summed E-state index contributed by atoms with van der Waals surface area (Å²) in [6.45, 7) is 1.77. The van der Waals surface area contributed by atoms with E-state index in [2.05, 4.69) is 16.0 Å². The summed E-state index contributed by atoms with van der Waals surface area (Å²) in [4.78, 5) is 53.5. The molecule has 0 aliphatic heterocycles. The minimum absolute atomic E-state index is 0.0193. The number of aromatic nitrogens is 2. The van der Waals surface area contributed by atoms with Crippen LogP contribution in [0.25, 0.3) is 11.8 Å². The molecule has 49 heavy (non-hydrogen) atoms. The van der Waals surface area contributed by atoms with Crippen molar-refractivity contribution in [3.63, 3.8) is 0 Å². The number of para-hydroxylation sites is 1. The van der Waals surface area contributed by atoms with Crippen LogP contribution in [-0.2, 0) is 16.6 Å². The van der Waals surface area contributed by atoms with Gasteiger partial charge in [0, 0.05) is 34.8 Å². The number of methoxy groups -OCH3 is 2. The van der Waals surface area contributed by atoms with Crippen LogP contribution in [0.2, 0.25) is 0 Å². The summed E-state index contributed by atoms with van der Waals surface area (Å²) >= 11 is 1.24. The summed E-state index contributed by atoms with van der Waals surface area (Å²) in [5.74, 6) is -0.357. The molecule has 4 aromatic carbocycles. The number of hydrogen-bond donors (Lipinski definition) is 3. The number of thioether (sulfide) groups is 1. The third-order valence-electron chi connectivity index (χ3n) is 7.55. The molecule has 3 N–H and O–H groups in total. The first kappa shape index (κ1) is 34.3. The molecule has 0 radical (unpaired) electrons. The smallest absolute Gasteiger partial charge is 0.295 e. The number of carbonyl (C=O) groups excluding carboxylic acids is 3. The molecule has 0 fully saturated rings. The van der Waals surface area contributed by atoms with Crippen molar-refractivity contribution in [3.05, 3.63) is 136 Å². The average Bonchev–Trinajstić information content (AvgIpc) is 3.33. The van der Waals surface area contributed by atoms with Crippen LogP contribution >= 0.6 is 11.8 Å². The molecule has 0 atom stereocenters. The van der Waals surface area contributed by atoms with Crippen LogP contribution in [-0.4, -0.2) is 47.1 Å². The number of rotatable bonds is 12. The van der Waals surface area contributed by atoms with Crippen LogP contribution in [0, 0.1) is 6.92 Å². The van der Waals surface area contributed by atoms with Crippen molar-refractivity contribution < 1.29 is 23.9 Å². The molecule has 0 aliphatic carbocycles. The first-order valence-electron chi connectivity index (χ1n) is 15.2. The molecular weight excluding hydrogens is 643 g/mol. The van der Waals surface area contributed by atoms with Crippen molar-refractivity contribution in [2.45, 2.75) is 11.8 Å². The first-order chi connectivity index (χ1) is 23.7. The molecule has 12 heteroatoms. The number of benzene rings is 4. The minimum atomic E-state index is -0.573. The van der Waals surface area contributed by atoms with Gasteiger partial charge in [0.05, 0.1) is 31.4 Å². The Bertz CT molecular complexity index is 2070. The maximum Gasteiger partial charge on any atom is 0.295 e. The van der Waals surface area contributed by atoms with Crippen LogP contribution in [0.3, 0.4) is 0 Å². The molecule has 0 bridgehead atoms. The summed E-state index contributed by atoms with van der Waals surface area (Å²) in [5, 5.41) is 8.32. The summed E-state index contributed by atoms with van der Waals surface area (Å²) < 4.78 is 14.0. The molecule has 0 aliphatic rings. The molecule has 5 aromatic rings. The Morgan fingerprint density at radius 1 is 0.837 bits per heavy atom. The summed E-state index contributed by atoms with van der Waals surface area (Å²) in [6, 6.07) is 29.8. The van der Waals surface area contributed by atoms with E-state index in [1.54, 1.807) is 91.4 Å². The maximum absolute atomic E-state index is 13.6. The lowest BCUT2D eigenvalue weighted by Gasteiger charge is -2.13. The van der Waals surface area contributed by atoms with Gasteiger partial charge >= 0.3 is 0 Å². The highest BCUT2D eigenvalue weighted by molar-refractivity contribution is 8.00. The SMILES string of the molecule is COc1ccc(/C=C(/NC(=O)c2ccccc2)C(=O)Nc2cccc(SCC(=O)Nc3c(C)n(C)n(-c4ccccc4)c3=O)c2)c(OC)c1. The molecule has 0 unspecified atom stereocenters. The van der Waals surface area contributed by atoms with Gasteiger partial charge in [0.2, 0.25) is 5.91 Å². The van der Waals surface area contributed by atoms with Crippen molar-refractivity contribution in [3.8, 4) is 17.2 Å². The quantitative estimate of drug-likeness (QED) is 0.115. The van der Waals surface area contributed by atoms with Gasteiger partial charge in [-0.3, -0.25) is 23.9 Å². The van der Waals surface area contributed by atoms with E-state index in [1.165, 1.54) is 36.7 Å². The minimum Gasteiger partial charge on any atom is -0.497 e. The van der Waals surface area contributed by atoms with Crippen molar-refractivity contribution >= 4 is 46.9 Å². The number of nitrogens with zero attached hydrogens (tertiary/aromatic N) is 2. The summed E-state index contributed by atoms with van der Waals surface area (Å²) in [5.41, 5.74) is 2.54. The monoisotopic (exact) mass is 677 g/mol. The second kappa shape index (κ2) is 15.7. The third kappa shape index (κ3) is 8.29. The highest BCUT2D eigenvalue weighted by atomic mass is 32.2. The van der Waals surface area contributed by atoms with Gasteiger partial charge in [0.1, 0.15) is 22.9 Å². The van der Waals surface area contributed by atoms with Crippen LogP contribution in [0.4, 0.5) is 11.4 Å². The largest absolute Gasteiger partial charge is 0.497 e. The Balaban J connectivity index is 1.30. The molecule has 250 valence electrons. The van der Waals surface area contributed by atoms with Gasteiger partial charge in [-0.05, 0) is 67.6 Å². The summed E-state index contributed by atoms with van der Waals surface area (Å²) in [7, 11) is 4.80. The van der Waals surface area contributed by atoms with E-state index in [4.69, 9.17) is 9.47 Å². The van der Waals surface area contributed by atoms with Crippen molar-refractivity contribution in [1.82, 2.24) is 14.7 Å². The van der Waals surface area contributed by atoms with Gasteiger partial charge in [-0.1, -0.05) is 42.5 Å². The lowest BCUT2D eigenvalue weighted by atomic mass is 10.1. The van der Waals surface area contributed by atoms with Gasteiger partial charge in [0.15, 0.2) is 0 Å². The molecule has 3 amide bonds. The van der Waals surface area contributed by atoms with Crippen molar-refractivity contribution in [2.24, 2.45) is 7.05 Å². The zero-order valence-corrected chi connectivity index (χ0v) is 28.2. The van der Waals surface area contributed by atoms with Crippen molar-refractivity contribution in [2.75, 3.05) is 30.6 Å². The number of nitrogens with one attached hydrogen (secondary N) is 3. The Morgan fingerprint density at radius 2 is 1.55 bits per heavy atom. The molecule has 11 nitrogen and oxygen atoms in total. The van der Waals surface area contributed by atoms with Crippen LogP contribution in [0.5, 0.6) is 11.5 Å². The maximum atomic E-state index is 13.6. The molecule has 0 saturated carbocycles. The van der Waals surface area contributed by atoms with E-state index in [1.807, 2.05) is 30.3 Å². The van der Waals surface area contributed by atoms with Gasteiger partial charge in [-0.2, -0.15) is 0 Å². The lowest BCUT2D eigenvalue weighted by molar-refractivity contribution is -0.114. The Labute approximate surface area is 287 Å². The van der Waals surface area contributed by atoms with E-state index in [0.717, 1.165) is 0 Å². The van der Waals surface area contributed by atoms with Crippen molar-refractivity contribution in [1.29, 1.82) is 0 Å². The van der Waals surface area contributed by atoms with E-state index in [-0.39, 0.29) is 28.6 Å².